The summed E-state index contributed by atoms with van der Waals surface area (Å²) in [5, 5.41) is 0. The number of ketones is 1. The van der Waals surface area contributed by atoms with Gasteiger partial charge in [0.15, 0.2) is 28.8 Å². The number of hydrogen-bond donors (Lipinski definition) is 0. The largest absolute Gasteiger partial charge is 0.494 e. The minimum atomic E-state index is -0.236. The van der Waals surface area contributed by atoms with Gasteiger partial charge >= 0.3 is 0 Å². The number of hydrogen-bond acceptors (Lipinski definition) is 7. The Labute approximate surface area is 317 Å². The van der Waals surface area contributed by atoms with E-state index < -0.39 is 0 Å². The molecule has 2 aromatic carbocycles. The van der Waals surface area contributed by atoms with Gasteiger partial charge in [-0.05, 0) is 68.9 Å². The van der Waals surface area contributed by atoms with Crippen molar-refractivity contribution in [2.24, 2.45) is 0 Å². The Bertz CT molecular complexity index is 1210. The smallest absolute Gasteiger partial charge is 0.193 e. The quantitative estimate of drug-likeness (QED) is 0.0412. The molecule has 0 aromatic heterocycles. The van der Waals surface area contributed by atoms with E-state index in [0.717, 1.165) is 133 Å². The number of carbonyl (C=O) groups is 1. The molecule has 0 aliphatic carbocycles. The zero-order valence-electron chi connectivity index (χ0n) is 33.8. The van der Waals surface area contributed by atoms with E-state index in [1.165, 1.54) is 0 Å². The van der Waals surface area contributed by atoms with Crippen molar-refractivity contribution in [1.29, 1.82) is 0 Å². The number of unbranched alkanes of at least 4 members (excludes halogenated alkanes) is 12. The Balaban J connectivity index is 2.67. The lowest BCUT2D eigenvalue weighted by molar-refractivity contribution is 0.103. The predicted molar refractivity (Wildman–Crippen MR) is 216 cm³/mol. The van der Waals surface area contributed by atoms with Gasteiger partial charge in [-0.15, -0.1) is 0 Å². The molecule has 2 rings (SSSR count). The van der Waals surface area contributed by atoms with Gasteiger partial charge in [-0.1, -0.05) is 119 Å². The van der Waals surface area contributed by atoms with Crippen LogP contribution in [-0.2, 0) is 0 Å². The van der Waals surface area contributed by atoms with Crippen LogP contribution in [0.2, 0.25) is 0 Å². The van der Waals surface area contributed by atoms with Crippen molar-refractivity contribution >= 4 is 11.9 Å². The molecule has 0 aliphatic heterocycles. The number of ether oxygens (including phenoxy) is 6. The van der Waals surface area contributed by atoms with Gasteiger partial charge in [0.25, 0.3) is 0 Å². The van der Waals surface area contributed by atoms with Crippen molar-refractivity contribution in [1.82, 2.24) is 0 Å². The van der Waals surface area contributed by atoms with Crippen LogP contribution in [0.15, 0.2) is 30.3 Å². The highest BCUT2D eigenvalue weighted by atomic mass is 16.5. The summed E-state index contributed by atoms with van der Waals surface area (Å²) in [6.07, 6.45) is 21.9. The Morgan fingerprint density at radius 2 is 0.846 bits per heavy atom. The number of carbonyl (C=O) groups excluding carboxylic acids is 1. The summed E-state index contributed by atoms with van der Waals surface area (Å²) in [4.78, 5) is 14.6. The van der Waals surface area contributed by atoms with E-state index in [4.69, 9.17) is 28.4 Å². The van der Waals surface area contributed by atoms with E-state index in [-0.39, 0.29) is 5.78 Å². The number of benzene rings is 2. The number of rotatable bonds is 33. The Kier molecular flexibility index (Phi) is 25.1. The highest BCUT2D eigenvalue weighted by Crippen LogP contribution is 2.46. The summed E-state index contributed by atoms with van der Waals surface area (Å²) in [5.41, 5.74) is 1.14. The predicted octanol–water partition coefficient (Wildman–Crippen LogP) is 13.0. The molecule has 7 heteroatoms. The van der Waals surface area contributed by atoms with Gasteiger partial charge in [0.05, 0.1) is 39.6 Å². The molecule has 0 aliphatic rings. The average molecular weight is 725 g/mol. The zero-order valence-corrected chi connectivity index (χ0v) is 33.8. The first-order valence-corrected chi connectivity index (χ1v) is 20.9. The van der Waals surface area contributed by atoms with E-state index in [9.17, 15) is 4.79 Å². The maximum absolute atomic E-state index is 14.6. The van der Waals surface area contributed by atoms with Crippen molar-refractivity contribution in [3.8, 4) is 34.5 Å². The van der Waals surface area contributed by atoms with Crippen molar-refractivity contribution in [2.75, 3.05) is 39.6 Å². The van der Waals surface area contributed by atoms with Crippen molar-refractivity contribution in [2.45, 2.75) is 157 Å². The highest BCUT2D eigenvalue weighted by Gasteiger charge is 2.27. The summed E-state index contributed by atoms with van der Waals surface area (Å²) in [6.45, 7) is 16.3. The lowest BCUT2D eigenvalue weighted by Crippen LogP contribution is -2.12. The molecule has 0 amide bonds. The molecule has 52 heavy (non-hydrogen) atoms. The van der Waals surface area contributed by atoms with Gasteiger partial charge in [0, 0.05) is 11.6 Å². The normalized spacial score (nSPS) is 11.2. The molecule has 0 bridgehead atoms. The van der Waals surface area contributed by atoms with Gasteiger partial charge in [-0.2, -0.15) is 0 Å². The molecule has 294 valence electrons. The van der Waals surface area contributed by atoms with E-state index >= 15 is 0 Å². The van der Waals surface area contributed by atoms with E-state index in [1.54, 1.807) is 6.08 Å². The second kappa shape index (κ2) is 29.1. The standard InChI is InChI=1S/C45H72O7/c1-7-13-19-29-47-38-26-28-40(48-30-20-14-8-2)37(35-38)25-27-39(46)43-44(51-33-23-17-11-5)41(49-31-21-15-9-3)36-42(50-32-22-16-10-4)45(43)52-34-24-18-12-6/h25-28,35-36H,7-24,29-34H2,1-6H3/b27-25-. The first kappa shape index (κ1) is 44.8. The van der Waals surface area contributed by atoms with Crippen LogP contribution < -0.4 is 28.4 Å². The minimum absolute atomic E-state index is 0.236. The van der Waals surface area contributed by atoms with Crippen molar-refractivity contribution in [3.05, 3.63) is 41.5 Å². The van der Waals surface area contributed by atoms with Crippen LogP contribution >= 0.6 is 0 Å². The molecule has 0 radical (unpaired) electrons. The van der Waals surface area contributed by atoms with Crippen LogP contribution in [0.3, 0.4) is 0 Å². The molecule has 0 fully saturated rings. The lowest BCUT2D eigenvalue weighted by atomic mass is 10.0. The van der Waals surface area contributed by atoms with Crippen LogP contribution in [0, 0.1) is 0 Å². The van der Waals surface area contributed by atoms with E-state index in [0.29, 0.717) is 68.2 Å². The van der Waals surface area contributed by atoms with Gasteiger partial charge in [0.1, 0.15) is 17.1 Å². The molecule has 2 aromatic rings. The molecule has 0 atom stereocenters. The molecule has 0 saturated carbocycles. The lowest BCUT2D eigenvalue weighted by Gasteiger charge is -2.22. The molecule has 0 unspecified atom stereocenters. The Hall–Kier alpha value is -3.35. The first-order chi connectivity index (χ1) is 25.5. The third-order valence-electron chi connectivity index (χ3n) is 8.83. The van der Waals surface area contributed by atoms with E-state index in [2.05, 4.69) is 41.5 Å². The van der Waals surface area contributed by atoms with Gasteiger partial charge in [0.2, 0.25) is 0 Å². The fourth-order valence-corrected chi connectivity index (χ4v) is 5.65. The Morgan fingerprint density at radius 1 is 0.462 bits per heavy atom. The summed E-state index contributed by atoms with van der Waals surface area (Å²) in [6, 6.07) is 7.74. The third-order valence-corrected chi connectivity index (χ3v) is 8.83. The fraction of sp³-hybridized carbons (Fsp3) is 0.667. The summed E-state index contributed by atoms with van der Waals surface area (Å²) < 4.78 is 38.1. The SMILES string of the molecule is CCCCCOc1ccc(OCCCCC)c(/C=C\C(=O)c2c(OCCCCC)c(OCCCCC)cc(OCCCCC)c2OCCCCC)c1. The second-order valence-electron chi connectivity index (χ2n) is 13.6. The number of allylic oxidation sites excluding steroid dienone is 1. The maximum Gasteiger partial charge on any atom is 0.193 e. The monoisotopic (exact) mass is 725 g/mol. The summed E-state index contributed by atoms with van der Waals surface area (Å²) in [5.74, 6) is 3.15. The van der Waals surface area contributed by atoms with Gasteiger partial charge in [-0.3, -0.25) is 4.79 Å². The second-order valence-corrected chi connectivity index (χ2v) is 13.6. The minimum Gasteiger partial charge on any atom is -0.494 e. The molecule has 0 N–H and O–H groups in total. The van der Waals surface area contributed by atoms with Crippen LogP contribution in [0.1, 0.15) is 173 Å². The molecule has 7 nitrogen and oxygen atoms in total. The molecular weight excluding hydrogens is 652 g/mol. The van der Waals surface area contributed by atoms with E-state index in [1.807, 2.05) is 30.3 Å². The van der Waals surface area contributed by atoms with Crippen LogP contribution in [-0.4, -0.2) is 45.4 Å². The summed E-state index contributed by atoms with van der Waals surface area (Å²) in [7, 11) is 0. The highest BCUT2D eigenvalue weighted by molar-refractivity contribution is 6.11. The van der Waals surface area contributed by atoms with Crippen LogP contribution in [0.5, 0.6) is 34.5 Å². The van der Waals surface area contributed by atoms with Crippen molar-refractivity contribution in [3.63, 3.8) is 0 Å². The molecule has 0 spiro atoms. The zero-order chi connectivity index (χ0) is 37.7. The van der Waals surface area contributed by atoms with Crippen LogP contribution in [0.25, 0.3) is 6.08 Å². The van der Waals surface area contributed by atoms with Crippen molar-refractivity contribution < 1.29 is 33.2 Å². The summed E-state index contributed by atoms with van der Waals surface area (Å²) >= 11 is 0. The van der Waals surface area contributed by atoms with Gasteiger partial charge in [-0.25, -0.2) is 0 Å². The first-order valence-electron chi connectivity index (χ1n) is 20.9. The van der Waals surface area contributed by atoms with Gasteiger partial charge < -0.3 is 28.4 Å². The Morgan fingerprint density at radius 3 is 1.27 bits per heavy atom. The topological polar surface area (TPSA) is 72.5 Å². The van der Waals surface area contributed by atoms with Crippen LogP contribution in [0.4, 0.5) is 0 Å². The maximum atomic E-state index is 14.6. The molecule has 0 saturated heterocycles. The fourth-order valence-electron chi connectivity index (χ4n) is 5.65. The molecule has 0 heterocycles. The third kappa shape index (κ3) is 17.4. The molecular formula is C45H72O7. The average Bonchev–Trinajstić information content (AvgIpc) is 3.15.